The van der Waals surface area contributed by atoms with Crippen molar-refractivity contribution in [1.82, 2.24) is 5.06 Å². The molecular weight excluding hydrogens is 358 g/mol. The molecule has 0 spiro atoms. The first kappa shape index (κ1) is 19.3. The number of ether oxygens (including phenoxy) is 2. The maximum Gasteiger partial charge on any atom is 0.326 e. The van der Waals surface area contributed by atoms with E-state index in [0.717, 1.165) is 12.5 Å². The van der Waals surface area contributed by atoms with E-state index in [-0.39, 0.29) is 24.0 Å². The maximum atomic E-state index is 12.2. The molecule has 1 N–H and O–H groups in total. The summed E-state index contributed by atoms with van der Waals surface area (Å²) in [6, 6.07) is -0.335. The van der Waals surface area contributed by atoms with E-state index in [0.29, 0.717) is 30.7 Å². The van der Waals surface area contributed by atoms with Crippen LogP contribution in [0, 0.1) is 23.7 Å². The van der Waals surface area contributed by atoms with Crippen molar-refractivity contribution in [3.63, 3.8) is 0 Å². The van der Waals surface area contributed by atoms with Gasteiger partial charge in [0.25, 0.3) is 0 Å². The van der Waals surface area contributed by atoms with Crippen LogP contribution in [0.25, 0.3) is 0 Å². The van der Waals surface area contributed by atoms with Gasteiger partial charge in [-0.05, 0) is 69.6 Å². The zero-order valence-electron chi connectivity index (χ0n) is 17.0. The van der Waals surface area contributed by atoms with E-state index >= 15 is 0 Å². The van der Waals surface area contributed by atoms with Crippen LogP contribution in [0.3, 0.4) is 0 Å². The Morgan fingerprint density at radius 1 is 1.07 bits per heavy atom. The molecule has 5 fully saturated rings. The van der Waals surface area contributed by atoms with Crippen molar-refractivity contribution in [3.8, 4) is 0 Å². The second-order valence-corrected chi connectivity index (χ2v) is 9.92. The molecule has 0 aromatic heterocycles. The van der Waals surface area contributed by atoms with Gasteiger partial charge in [-0.2, -0.15) is 5.06 Å². The molecule has 2 aliphatic carbocycles. The Morgan fingerprint density at radius 3 is 2.61 bits per heavy atom. The molecule has 3 saturated heterocycles. The molecule has 0 aromatic carbocycles. The molecule has 28 heavy (non-hydrogen) atoms. The van der Waals surface area contributed by atoms with Crippen LogP contribution in [0.1, 0.15) is 64.7 Å². The van der Waals surface area contributed by atoms with Gasteiger partial charge in [0.15, 0.2) is 0 Å². The quantitative estimate of drug-likeness (QED) is 0.741. The van der Waals surface area contributed by atoms with Crippen LogP contribution in [-0.2, 0) is 19.1 Å². The van der Waals surface area contributed by atoms with Crippen LogP contribution in [0.2, 0.25) is 0 Å². The summed E-state index contributed by atoms with van der Waals surface area (Å²) in [4.78, 5) is 18.2. The monoisotopic (exact) mass is 393 g/mol. The third-order valence-corrected chi connectivity index (χ3v) is 8.11. The molecule has 0 amide bonds. The first-order valence-electron chi connectivity index (χ1n) is 11.5. The highest BCUT2D eigenvalue weighted by Crippen LogP contribution is 2.44. The van der Waals surface area contributed by atoms with Gasteiger partial charge in [0.2, 0.25) is 0 Å². The first-order valence-corrected chi connectivity index (χ1v) is 11.5. The van der Waals surface area contributed by atoms with E-state index < -0.39 is 6.10 Å². The lowest BCUT2D eigenvalue weighted by atomic mass is 9.77. The normalized spacial score (nSPS) is 47.6. The summed E-state index contributed by atoms with van der Waals surface area (Å²) < 4.78 is 11.7. The summed E-state index contributed by atoms with van der Waals surface area (Å²) in [7, 11) is 0. The lowest BCUT2D eigenvalue weighted by Crippen LogP contribution is -2.39. The van der Waals surface area contributed by atoms with Gasteiger partial charge >= 0.3 is 5.97 Å². The van der Waals surface area contributed by atoms with E-state index in [4.69, 9.17) is 14.3 Å². The molecule has 158 valence electrons. The van der Waals surface area contributed by atoms with E-state index in [1.165, 1.54) is 57.8 Å². The topological polar surface area (TPSA) is 68.2 Å². The van der Waals surface area contributed by atoms with E-state index in [1.807, 2.05) is 5.06 Å². The molecule has 3 heterocycles. The predicted molar refractivity (Wildman–Crippen MR) is 102 cm³/mol. The predicted octanol–water partition coefficient (Wildman–Crippen LogP) is 2.68. The third kappa shape index (κ3) is 3.51. The summed E-state index contributed by atoms with van der Waals surface area (Å²) in [5.41, 5.74) is 0. The molecule has 0 aromatic rings. The number of carbonyl (C=O) groups excluding carboxylic acids is 1. The number of carbonyl (C=O) groups is 1. The Balaban J connectivity index is 1.14. The fraction of sp³-hybridized carbons (Fsp3) is 0.955. The number of cyclic esters (lactones) is 1. The minimum atomic E-state index is -0.592. The summed E-state index contributed by atoms with van der Waals surface area (Å²) in [5, 5.41) is 11.9. The molecule has 6 heteroatoms. The van der Waals surface area contributed by atoms with Gasteiger partial charge in [0.1, 0.15) is 12.1 Å². The number of hydrogen-bond donors (Lipinski definition) is 1. The summed E-state index contributed by atoms with van der Waals surface area (Å²) in [6.07, 6.45) is 11.5. The number of fused-ring (bicyclic) bond motifs is 2. The molecule has 7 atom stereocenters. The minimum absolute atomic E-state index is 0.0425. The lowest BCUT2D eigenvalue weighted by molar-refractivity contribution is -0.203. The Bertz CT molecular complexity index is 561. The number of esters is 1. The molecule has 2 saturated carbocycles. The van der Waals surface area contributed by atoms with Gasteiger partial charge in [-0.15, -0.1) is 0 Å². The zero-order chi connectivity index (χ0) is 19.3. The number of hydrogen-bond acceptors (Lipinski definition) is 6. The highest BCUT2D eigenvalue weighted by Gasteiger charge is 2.54. The number of rotatable bonds is 4. The van der Waals surface area contributed by atoms with Crippen molar-refractivity contribution < 1.29 is 24.2 Å². The zero-order valence-corrected chi connectivity index (χ0v) is 17.0. The van der Waals surface area contributed by atoms with Crippen LogP contribution in [-0.4, -0.2) is 59.7 Å². The summed E-state index contributed by atoms with van der Waals surface area (Å²) >= 11 is 0. The molecule has 5 rings (SSSR count). The van der Waals surface area contributed by atoms with Gasteiger partial charge < -0.3 is 14.6 Å². The van der Waals surface area contributed by atoms with E-state index in [2.05, 4.69) is 0 Å². The van der Waals surface area contributed by atoms with Gasteiger partial charge in [-0.1, -0.05) is 12.8 Å². The SMILES string of the molecule is C[C@H](O)C1ON(CC2CCC(C3CC4CCCCC4O3)CC2)[C@@H]2C(=O)OC[C@H]12. The van der Waals surface area contributed by atoms with Gasteiger partial charge in [0, 0.05) is 6.54 Å². The number of nitrogens with zero attached hydrogens (tertiary/aromatic N) is 1. The van der Waals surface area contributed by atoms with Crippen LogP contribution >= 0.6 is 0 Å². The van der Waals surface area contributed by atoms with E-state index in [1.54, 1.807) is 6.92 Å². The average Bonchev–Trinajstić information content (AvgIpc) is 3.38. The van der Waals surface area contributed by atoms with Crippen molar-refractivity contribution in [1.29, 1.82) is 0 Å². The Kier molecular flexibility index (Phi) is 5.41. The van der Waals surface area contributed by atoms with Crippen molar-refractivity contribution in [2.45, 2.75) is 95.2 Å². The molecule has 5 aliphatic rings. The van der Waals surface area contributed by atoms with E-state index in [9.17, 15) is 9.90 Å². The third-order valence-electron chi connectivity index (χ3n) is 8.11. The Morgan fingerprint density at radius 2 is 1.86 bits per heavy atom. The minimum Gasteiger partial charge on any atom is -0.464 e. The highest BCUT2D eigenvalue weighted by atomic mass is 16.7. The van der Waals surface area contributed by atoms with Crippen LogP contribution < -0.4 is 0 Å². The molecular formula is C22H35NO5. The second-order valence-electron chi connectivity index (χ2n) is 9.92. The molecule has 4 unspecified atom stereocenters. The highest BCUT2D eigenvalue weighted by molar-refractivity contribution is 5.78. The van der Waals surface area contributed by atoms with Crippen LogP contribution in [0.5, 0.6) is 0 Å². The van der Waals surface area contributed by atoms with Gasteiger partial charge in [-0.25, -0.2) is 0 Å². The van der Waals surface area contributed by atoms with Crippen molar-refractivity contribution in [2.75, 3.05) is 13.2 Å². The van der Waals surface area contributed by atoms with Crippen molar-refractivity contribution in [3.05, 3.63) is 0 Å². The lowest BCUT2D eigenvalue weighted by Gasteiger charge is -2.34. The number of hydroxylamine groups is 2. The largest absolute Gasteiger partial charge is 0.464 e. The first-order chi connectivity index (χ1) is 13.6. The average molecular weight is 394 g/mol. The standard InChI is InChI=1S/C22H35NO5/c1-13(24)21-17-12-26-22(25)20(17)23(28-21)11-14-6-8-15(9-7-14)19-10-16-4-2-3-5-18(16)27-19/h13-21,24H,2-12H2,1H3/t13-,14?,15?,16?,17-,18?,19?,20-,21?/m0/s1. The van der Waals surface area contributed by atoms with Gasteiger partial charge in [-0.3, -0.25) is 9.63 Å². The molecule has 0 bridgehead atoms. The summed E-state index contributed by atoms with van der Waals surface area (Å²) in [5.74, 6) is 1.83. The maximum absolute atomic E-state index is 12.2. The Hall–Kier alpha value is -0.690. The van der Waals surface area contributed by atoms with Crippen molar-refractivity contribution in [2.24, 2.45) is 23.7 Å². The smallest absolute Gasteiger partial charge is 0.326 e. The fourth-order valence-electron chi connectivity index (χ4n) is 6.54. The van der Waals surface area contributed by atoms with Crippen molar-refractivity contribution >= 4 is 5.97 Å². The number of aliphatic hydroxyl groups is 1. The summed E-state index contributed by atoms with van der Waals surface area (Å²) in [6.45, 7) is 2.87. The molecule has 0 radical (unpaired) electrons. The Labute approximate surface area is 167 Å². The van der Waals surface area contributed by atoms with Gasteiger partial charge in [0.05, 0.1) is 30.8 Å². The molecule has 6 nitrogen and oxygen atoms in total. The second kappa shape index (κ2) is 7.86. The fourth-order valence-corrected chi connectivity index (χ4v) is 6.54. The molecule has 3 aliphatic heterocycles. The van der Waals surface area contributed by atoms with Crippen LogP contribution in [0.15, 0.2) is 0 Å². The van der Waals surface area contributed by atoms with Crippen LogP contribution in [0.4, 0.5) is 0 Å². The number of aliphatic hydroxyl groups excluding tert-OH is 1.